The number of pyridine rings is 1. The van der Waals surface area contributed by atoms with E-state index in [-0.39, 0.29) is 11.9 Å². The highest BCUT2D eigenvalue weighted by Crippen LogP contribution is 2.09. The second-order valence-corrected chi connectivity index (χ2v) is 3.73. The van der Waals surface area contributed by atoms with Gasteiger partial charge in [-0.15, -0.1) is 0 Å². The first-order chi connectivity index (χ1) is 8.24. The summed E-state index contributed by atoms with van der Waals surface area (Å²) in [6.07, 6.45) is 3.48. The number of aromatic nitrogens is 1. The molecule has 94 valence electrons. The van der Waals surface area contributed by atoms with Crippen molar-refractivity contribution in [2.45, 2.75) is 13.0 Å². The average molecular weight is 237 g/mol. The molecule has 1 atom stereocenters. The predicted molar refractivity (Wildman–Crippen MR) is 65.5 cm³/mol. The van der Waals surface area contributed by atoms with Gasteiger partial charge in [0.05, 0.1) is 13.2 Å². The minimum atomic E-state index is -0.0250. The SMILES string of the molecule is COCCNC(=O)CN[C@H](C)c1ccncc1. The molecule has 1 aromatic rings. The molecule has 0 aliphatic rings. The first-order valence-electron chi connectivity index (χ1n) is 5.63. The van der Waals surface area contributed by atoms with Crippen LogP contribution < -0.4 is 10.6 Å². The van der Waals surface area contributed by atoms with E-state index in [4.69, 9.17) is 4.74 Å². The zero-order chi connectivity index (χ0) is 12.5. The molecule has 5 heteroatoms. The molecule has 0 bridgehead atoms. The Bertz CT molecular complexity index is 330. The molecular weight excluding hydrogens is 218 g/mol. The Hall–Kier alpha value is -1.46. The highest BCUT2D eigenvalue weighted by molar-refractivity contribution is 5.78. The Balaban J connectivity index is 2.24. The van der Waals surface area contributed by atoms with Crippen molar-refractivity contribution in [3.63, 3.8) is 0 Å². The van der Waals surface area contributed by atoms with Crippen molar-refractivity contribution in [2.75, 3.05) is 26.8 Å². The first-order valence-corrected chi connectivity index (χ1v) is 5.63. The van der Waals surface area contributed by atoms with Crippen molar-refractivity contribution >= 4 is 5.91 Å². The number of methoxy groups -OCH3 is 1. The van der Waals surface area contributed by atoms with Crippen molar-refractivity contribution in [3.8, 4) is 0 Å². The smallest absolute Gasteiger partial charge is 0.234 e. The third kappa shape index (κ3) is 5.42. The zero-order valence-electron chi connectivity index (χ0n) is 10.3. The van der Waals surface area contributed by atoms with Gasteiger partial charge in [-0.1, -0.05) is 0 Å². The van der Waals surface area contributed by atoms with Crippen molar-refractivity contribution in [1.29, 1.82) is 0 Å². The van der Waals surface area contributed by atoms with Crippen LogP contribution in [0.4, 0.5) is 0 Å². The molecule has 1 heterocycles. The van der Waals surface area contributed by atoms with Gasteiger partial charge in [0.25, 0.3) is 0 Å². The molecule has 0 radical (unpaired) electrons. The number of nitrogens with zero attached hydrogens (tertiary/aromatic N) is 1. The normalized spacial score (nSPS) is 12.1. The lowest BCUT2D eigenvalue weighted by Gasteiger charge is -2.13. The number of amides is 1. The van der Waals surface area contributed by atoms with Crippen LogP contribution in [0.15, 0.2) is 24.5 Å². The van der Waals surface area contributed by atoms with Gasteiger partial charge >= 0.3 is 0 Å². The Morgan fingerprint density at radius 2 is 2.18 bits per heavy atom. The molecule has 0 spiro atoms. The molecule has 0 aliphatic heterocycles. The van der Waals surface area contributed by atoms with Gasteiger partial charge in [0, 0.05) is 32.1 Å². The van der Waals surface area contributed by atoms with Crippen LogP contribution in [-0.4, -0.2) is 37.7 Å². The molecule has 1 amide bonds. The van der Waals surface area contributed by atoms with Crippen LogP contribution in [0.1, 0.15) is 18.5 Å². The number of rotatable bonds is 7. The molecule has 5 nitrogen and oxygen atoms in total. The van der Waals surface area contributed by atoms with E-state index in [1.807, 2.05) is 19.1 Å². The standard InChI is InChI=1S/C12H19N3O2/c1-10(11-3-5-13-6-4-11)15-9-12(16)14-7-8-17-2/h3-6,10,15H,7-9H2,1-2H3,(H,14,16)/t10-/m1/s1. The minimum absolute atomic E-state index is 0.0250. The molecule has 2 N–H and O–H groups in total. The van der Waals surface area contributed by atoms with Crippen molar-refractivity contribution in [1.82, 2.24) is 15.6 Å². The quantitative estimate of drug-likeness (QED) is 0.678. The molecule has 0 saturated carbocycles. The monoisotopic (exact) mass is 237 g/mol. The van der Waals surface area contributed by atoms with Gasteiger partial charge in [-0.05, 0) is 24.6 Å². The molecule has 0 saturated heterocycles. The number of hydrogen-bond donors (Lipinski definition) is 2. The number of ether oxygens (including phenoxy) is 1. The van der Waals surface area contributed by atoms with E-state index in [1.54, 1.807) is 19.5 Å². The molecule has 0 aromatic carbocycles. The Morgan fingerprint density at radius 1 is 1.47 bits per heavy atom. The molecule has 1 aromatic heterocycles. The summed E-state index contributed by atoms with van der Waals surface area (Å²) in [6.45, 7) is 3.39. The van der Waals surface area contributed by atoms with Crippen molar-refractivity contribution in [2.24, 2.45) is 0 Å². The molecule has 0 fully saturated rings. The van der Waals surface area contributed by atoms with E-state index in [1.165, 1.54) is 0 Å². The van der Waals surface area contributed by atoms with Crippen LogP contribution in [-0.2, 0) is 9.53 Å². The fraction of sp³-hybridized carbons (Fsp3) is 0.500. The first kappa shape index (κ1) is 13.6. The number of carbonyl (C=O) groups is 1. The summed E-state index contributed by atoms with van der Waals surface area (Å²) < 4.78 is 4.85. The predicted octanol–water partition coefficient (Wildman–Crippen LogP) is 0.495. The summed E-state index contributed by atoms with van der Waals surface area (Å²) in [5, 5.41) is 5.90. The van der Waals surface area contributed by atoms with Gasteiger partial charge in [0.2, 0.25) is 5.91 Å². The molecule has 0 aliphatic carbocycles. The van der Waals surface area contributed by atoms with Gasteiger partial charge in [0.15, 0.2) is 0 Å². The minimum Gasteiger partial charge on any atom is -0.383 e. The van der Waals surface area contributed by atoms with E-state index in [0.717, 1.165) is 5.56 Å². The highest BCUT2D eigenvalue weighted by atomic mass is 16.5. The van der Waals surface area contributed by atoms with Crippen LogP contribution >= 0.6 is 0 Å². The van der Waals surface area contributed by atoms with Crippen LogP contribution in [0.5, 0.6) is 0 Å². The number of carbonyl (C=O) groups excluding carboxylic acids is 1. The maximum absolute atomic E-state index is 11.4. The lowest BCUT2D eigenvalue weighted by Crippen LogP contribution is -2.36. The Kier molecular flexibility index (Phi) is 6.21. The highest BCUT2D eigenvalue weighted by Gasteiger charge is 2.06. The summed E-state index contributed by atoms with van der Waals surface area (Å²) in [7, 11) is 1.61. The summed E-state index contributed by atoms with van der Waals surface area (Å²) in [4.78, 5) is 15.4. The van der Waals surface area contributed by atoms with Gasteiger partial charge in [-0.3, -0.25) is 9.78 Å². The maximum Gasteiger partial charge on any atom is 0.234 e. The van der Waals surface area contributed by atoms with E-state index < -0.39 is 0 Å². The lowest BCUT2D eigenvalue weighted by molar-refractivity contribution is -0.120. The molecule has 17 heavy (non-hydrogen) atoms. The van der Waals surface area contributed by atoms with Crippen LogP contribution in [0.25, 0.3) is 0 Å². The summed E-state index contributed by atoms with van der Waals surface area (Å²) >= 11 is 0. The third-order valence-corrected chi connectivity index (χ3v) is 2.40. The Labute approximate surface area is 102 Å². The molecule has 0 unspecified atom stereocenters. The molecule has 1 rings (SSSR count). The maximum atomic E-state index is 11.4. The summed E-state index contributed by atoms with van der Waals surface area (Å²) in [6, 6.07) is 3.99. The Morgan fingerprint density at radius 3 is 2.82 bits per heavy atom. The zero-order valence-corrected chi connectivity index (χ0v) is 10.3. The van der Waals surface area contributed by atoms with Crippen molar-refractivity contribution < 1.29 is 9.53 Å². The van der Waals surface area contributed by atoms with E-state index in [0.29, 0.717) is 19.7 Å². The number of nitrogens with one attached hydrogen (secondary N) is 2. The second-order valence-electron chi connectivity index (χ2n) is 3.73. The summed E-state index contributed by atoms with van der Waals surface area (Å²) in [5.41, 5.74) is 1.12. The van der Waals surface area contributed by atoms with E-state index >= 15 is 0 Å². The fourth-order valence-corrected chi connectivity index (χ4v) is 1.37. The van der Waals surface area contributed by atoms with Crippen LogP contribution in [0.3, 0.4) is 0 Å². The van der Waals surface area contributed by atoms with Gasteiger partial charge in [-0.2, -0.15) is 0 Å². The second kappa shape index (κ2) is 7.76. The van der Waals surface area contributed by atoms with Gasteiger partial charge < -0.3 is 15.4 Å². The van der Waals surface area contributed by atoms with Crippen LogP contribution in [0, 0.1) is 0 Å². The van der Waals surface area contributed by atoms with E-state index in [9.17, 15) is 4.79 Å². The van der Waals surface area contributed by atoms with Crippen molar-refractivity contribution in [3.05, 3.63) is 30.1 Å². The van der Waals surface area contributed by atoms with Crippen LogP contribution in [0.2, 0.25) is 0 Å². The average Bonchev–Trinajstić information content (AvgIpc) is 2.37. The van der Waals surface area contributed by atoms with Gasteiger partial charge in [0.1, 0.15) is 0 Å². The fourth-order valence-electron chi connectivity index (χ4n) is 1.37. The molecular formula is C12H19N3O2. The lowest BCUT2D eigenvalue weighted by atomic mass is 10.1. The van der Waals surface area contributed by atoms with Gasteiger partial charge in [-0.25, -0.2) is 0 Å². The summed E-state index contributed by atoms with van der Waals surface area (Å²) in [5.74, 6) is -0.0250. The largest absolute Gasteiger partial charge is 0.383 e. The number of hydrogen-bond acceptors (Lipinski definition) is 4. The third-order valence-electron chi connectivity index (χ3n) is 2.40. The topological polar surface area (TPSA) is 63.2 Å². The van der Waals surface area contributed by atoms with E-state index in [2.05, 4.69) is 15.6 Å².